The van der Waals surface area contributed by atoms with Gasteiger partial charge in [0.1, 0.15) is 11.6 Å². The minimum absolute atomic E-state index is 0.135. The molecule has 0 aliphatic carbocycles. The summed E-state index contributed by atoms with van der Waals surface area (Å²) in [7, 11) is 2.12. The minimum Gasteiger partial charge on any atom is -0.338 e. The highest BCUT2D eigenvalue weighted by atomic mass is 16.1. The average molecular weight is 384 g/mol. The van der Waals surface area contributed by atoms with Gasteiger partial charge in [-0.25, -0.2) is 4.98 Å². The third-order valence-electron chi connectivity index (χ3n) is 4.85. The van der Waals surface area contributed by atoms with Crippen LogP contribution in [-0.2, 0) is 6.42 Å². The van der Waals surface area contributed by atoms with Crippen LogP contribution in [0.4, 0.5) is 17.7 Å². The molecule has 28 heavy (non-hydrogen) atoms. The number of unbranched alkanes of at least 4 members (excludes halogenated alkanes) is 1. The Morgan fingerprint density at radius 2 is 1.93 bits per heavy atom. The van der Waals surface area contributed by atoms with Gasteiger partial charge in [-0.05, 0) is 25.6 Å². The highest BCUT2D eigenvalue weighted by Gasteiger charge is 2.18. The van der Waals surface area contributed by atoms with Crippen molar-refractivity contribution in [3.05, 3.63) is 29.7 Å². The number of Topliss-reactive ketones (excluding diaryl/α,β-unsaturated/α-hetero) is 1. The lowest BCUT2D eigenvalue weighted by atomic mass is 10.1. The number of ketones is 1. The second-order valence-corrected chi connectivity index (χ2v) is 7.10. The number of aromatic nitrogens is 4. The SMILES string of the molecule is CCCCC(=O)c1ccnc(Nc2nc(CC)nc(N3CCN(C)CC3)n2)c1. The Balaban J connectivity index is 1.78. The first kappa shape index (κ1) is 20.1. The largest absolute Gasteiger partial charge is 0.338 e. The van der Waals surface area contributed by atoms with E-state index in [9.17, 15) is 4.79 Å². The van der Waals surface area contributed by atoms with Crippen molar-refractivity contribution in [2.75, 3.05) is 43.4 Å². The third-order valence-corrected chi connectivity index (χ3v) is 4.85. The van der Waals surface area contributed by atoms with Crippen molar-refractivity contribution in [1.29, 1.82) is 0 Å². The Morgan fingerprint density at radius 3 is 2.64 bits per heavy atom. The van der Waals surface area contributed by atoms with E-state index in [1.807, 2.05) is 6.92 Å². The van der Waals surface area contributed by atoms with Gasteiger partial charge >= 0.3 is 0 Å². The van der Waals surface area contributed by atoms with E-state index in [1.165, 1.54) is 0 Å². The Kier molecular flexibility index (Phi) is 6.86. The number of hydrogen-bond acceptors (Lipinski definition) is 8. The molecule has 150 valence electrons. The number of rotatable bonds is 8. The van der Waals surface area contributed by atoms with E-state index in [0.29, 0.717) is 29.7 Å². The minimum atomic E-state index is 0.135. The average Bonchev–Trinajstić information content (AvgIpc) is 2.72. The number of aryl methyl sites for hydroxylation is 1. The maximum atomic E-state index is 12.3. The van der Waals surface area contributed by atoms with E-state index in [2.05, 4.69) is 49.0 Å². The first-order chi connectivity index (χ1) is 13.6. The lowest BCUT2D eigenvalue weighted by molar-refractivity contribution is 0.0979. The maximum absolute atomic E-state index is 12.3. The van der Waals surface area contributed by atoms with Crippen LogP contribution in [0.5, 0.6) is 0 Å². The number of likely N-dealkylation sites (N-methyl/N-ethyl adjacent to an activating group) is 1. The molecule has 0 amide bonds. The number of nitrogens with one attached hydrogen (secondary N) is 1. The summed E-state index contributed by atoms with van der Waals surface area (Å²) in [4.78, 5) is 34.8. The summed E-state index contributed by atoms with van der Waals surface area (Å²) in [5, 5.41) is 3.16. The predicted molar refractivity (Wildman–Crippen MR) is 110 cm³/mol. The fraction of sp³-hybridized carbons (Fsp3) is 0.550. The van der Waals surface area contributed by atoms with Crippen molar-refractivity contribution in [3.63, 3.8) is 0 Å². The summed E-state index contributed by atoms with van der Waals surface area (Å²) in [6.07, 6.45) is 4.82. The van der Waals surface area contributed by atoms with Gasteiger partial charge in [-0.3, -0.25) is 4.79 Å². The van der Waals surface area contributed by atoms with Crippen LogP contribution in [0.1, 0.15) is 49.3 Å². The number of pyridine rings is 1. The maximum Gasteiger partial charge on any atom is 0.233 e. The molecule has 0 aromatic carbocycles. The molecule has 1 fully saturated rings. The van der Waals surface area contributed by atoms with Crippen LogP contribution in [0.2, 0.25) is 0 Å². The molecule has 1 saturated heterocycles. The standard InChI is InChI=1S/C20H29N7O/c1-4-6-7-16(28)15-8-9-21-18(14-15)23-19-22-17(5-2)24-20(25-19)27-12-10-26(3)11-13-27/h8-9,14H,4-7,10-13H2,1-3H3,(H,21,22,23,24,25). The molecular weight excluding hydrogens is 354 g/mol. The van der Waals surface area contributed by atoms with Gasteiger partial charge in [-0.15, -0.1) is 0 Å². The van der Waals surface area contributed by atoms with Gasteiger partial charge in [0.2, 0.25) is 11.9 Å². The Morgan fingerprint density at radius 1 is 1.14 bits per heavy atom. The van der Waals surface area contributed by atoms with Gasteiger partial charge in [0.05, 0.1) is 0 Å². The normalized spacial score (nSPS) is 14.9. The van der Waals surface area contributed by atoms with Crippen molar-refractivity contribution >= 4 is 23.5 Å². The molecule has 1 N–H and O–H groups in total. The van der Waals surface area contributed by atoms with E-state index in [1.54, 1.807) is 18.3 Å². The first-order valence-corrected chi connectivity index (χ1v) is 10.0. The fourth-order valence-electron chi connectivity index (χ4n) is 3.04. The van der Waals surface area contributed by atoms with Gasteiger partial charge in [0.15, 0.2) is 5.78 Å². The Hall–Kier alpha value is -2.61. The lowest BCUT2D eigenvalue weighted by Gasteiger charge is -2.32. The van der Waals surface area contributed by atoms with Gasteiger partial charge in [-0.1, -0.05) is 20.3 Å². The van der Waals surface area contributed by atoms with Crippen molar-refractivity contribution in [3.8, 4) is 0 Å². The number of anilines is 3. The first-order valence-electron chi connectivity index (χ1n) is 10.0. The van der Waals surface area contributed by atoms with Crippen molar-refractivity contribution in [2.24, 2.45) is 0 Å². The number of carbonyl (C=O) groups is 1. The van der Waals surface area contributed by atoms with E-state index in [4.69, 9.17) is 0 Å². The summed E-state index contributed by atoms with van der Waals surface area (Å²) < 4.78 is 0. The third kappa shape index (κ3) is 5.22. The van der Waals surface area contributed by atoms with E-state index in [-0.39, 0.29) is 5.78 Å². The second kappa shape index (κ2) is 9.54. The zero-order valence-electron chi connectivity index (χ0n) is 17.0. The van der Waals surface area contributed by atoms with Gasteiger partial charge < -0.3 is 15.1 Å². The molecule has 0 atom stereocenters. The molecule has 1 aliphatic rings. The number of hydrogen-bond donors (Lipinski definition) is 1. The molecular formula is C20H29N7O. The summed E-state index contributed by atoms with van der Waals surface area (Å²) in [6, 6.07) is 3.52. The van der Waals surface area contributed by atoms with Crippen molar-refractivity contribution < 1.29 is 4.79 Å². The fourth-order valence-corrected chi connectivity index (χ4v) is 3.04. The molecule has 0 radical (unpaired) electrons. The number of carbonyl (C=O) groups excluding carboxylic acids is 1. The summed E-state index contributed by atoms with van der Waals surface area (Å²) in [6.45, 7) is 7.86. The van der Waals surface area contributed by atoms with E-state index in [0.717, 1.165) is 51.3 Å². The Bertz CT molecular complexity index is 803. The molecule has 3 heterocycles. The smallest absolute Gasteiger partial charge is 0.233 e. The molecule has 0 unspecified atom stereocenters. The zero-order valence-corrected chi connectivity index (χ0v) is 17.0. The molecule has 8 nitrogen and oxygen atoms in total. The molecule has 2 aromatic heterocycles. The molecule has 0 bridgehead atoms. The molecule has 0 spiro atoms. The molecule has 0 saturated carbocycles. The number of nitrogens with zero attached hydrogens (tertiary/aromatic N) is 6. The summed E-state index contributed by atoms with van der Waals surface area (Å²) in [5.41, 5.74) is 0.662. The topological polar surface area (TPSA) is 87.1 Å². The highest BCUT2D eigenvalue weighted by molar-refractivity contribution is 5.96. The van der Waals surface area contributed by atoms with Crippen LogP contribution in [0.3, 0.4) is 0 Å². The van der Waals surface area contributed by atoms with Crippen molar-refractivity contribution in [2.45, 2.75) is 39.5 Å². The van der Waals surface area contributed by atoms with Crippen LogP contribution in [-0.4, -0.2) is 63.8 Å². The Labute approximate surface area is 166 Å². The van der Waals surface area contributed by atoms with E-state index >= 15 is 0 Å². The molecule has 1 aliphatic heterocycles. The van der Waals surface area contributed by atoms with Crippen molar-refractivity contribution in [1.82, 2.24) is 24.8 Å². The van der Waals surface area contributed by atoms with Gasteiger partial charge in [0, 0.05) is 50.8 Å². The molecule has 2 aromatic rings. The zero-order chi connectivity index (χ0) is 19.9. The number of piperazine rings is 1. The second-order valence-electron chi connectivity index (χ2n) is 7.10. The van der Waals surface area contributed by atoms with Crippen LogP contribution in [0.15, 0.2) is 18.3 Å². The summed E-state index contributed by atoms with van der Waals surface area (Å²) >= 11 is 0. The van der Waals surface area contributed by atoms with Crippen LogP contribution < -0.4 is 10.2 Å². The van der Waals surface area contributed by atoms with Crippen LogP contribution >= 0.6 is 0 Å². The molecule has 8 heteroatoms. The van der Waals surface area contributed by atoms with Gasteiger partial charge in [-0.2, -0.15) is 15.0 Å². The monoisotopic (exact) mass is 383 g/mol. The van der Waals surface area contributed by atoms with Crippen LogP contribution in [0, 0.1) is 0 Å². The van der Waals surface area contributed by atoms with Crippen LogP contribution in [0.25, 0.3) is 0 Å². The van der Waals surface area contributed by atoms with E-state index < -0.39 is 0 Å². The molecule has 3 rings (SSSR count). The highest BCUT2D eigenvalue weighted by Crippen LogP contribution is 2.18. The predicted octanol–water partition coefficient (Wildman–Crippen LogP) is 2.70. The summed E-state index contributed by atoms with van der Waals surface area (Å²) in [5.74, 6) is 2.60. The lowest BCUT2D eigenvalue weighted by Crippen LogP contribution is -2.45. The van der Waals surface area contributed by atoms with Gasteiger partial charge in [0.25, 0.3) is 0 Å². The quantitative estimate of drug-likeness (QED) is 0.696.